The van der Waals surface area contributed by atoms with E-state index in [4.69, 9.17) is 0 Å². The number of hydrogen-bond acceptors (Lipinski definition) is 3. The molecule has 0 aliphatic rings. The number of anilines is 1. The van der Waals surface area contributed by atoms with Crippen molar-refractivity contribution in [2.45, 2.75) is 33.4 Å². The molecule has 0 aliphatic heterocycles. The zero-order valence-corrected chi connectivity index (χ0v) is 12.6. The van der Waals surface area contributed by atoms with Crippen molar-refractivity contribution in [1.29, 1.82) is 0 Å². The standard InChI is InChI=1S/C17H20N2O2/c1-12(2)19(11-14-7-5-4-6-8-14)16-15(17(20)21)13(3)9-10-18-16/h4-10,12H,11H2,1-3H3,(H,20,21). The molecule has 0 aliphatic carbocycles. The lowest BCUT2D eigenvalue weighted by molar-refractivity contribution is 0.0696. The number of pyridine rings is 1. The van der Waals surface area contributed by atoms with Gasteiger partial charge in [-0.2, -0.15) is 0 Å². The van der Waals surface area contributed by atoms with Gasteiger partial charge in [0.1, 0.15) is 11.4 Å². The zero-order valence-electron chi connectivity index (χ0n) is 12.6. The SMILES string of the molecule is Cc1ccnc(N(Cc2ccccc2)C(C)C)c1C(=O)O. The highest BCUT2D eigenvalue weighted by molar-refractivity contribution is 5.95. The third kappa shape index (κ3) is 3.40. The highest BCUT2D eigenvalue weighted by Crippen LogP contribution is 2.24. The molecule has 2 aromatic rings. The van der Waals surface area contributed by atoms with Crippen molar-refractivity contribution in [1.82, 2.24) is 4.98 Å². The van der Waals surface area contributed by atoms with Crippen LogP contribution in [0.2, 0.25) is 0 Å². The number of aryl methyl sites for hydroxylation is 1. The second kappa shape index (κ2) is 6.39. The summed E-state index contributed by atoms with van der Waals surface area (Å²) >= 11 is 0. The van der Waals surface area contributed by atoms with Crippen LogP contribution in [0.3, 0.4) is 0 Å². The van der Waals surface area contributed by atoms with Crippen molar-refractivity contribution in [3.05, 3.63) is 59.3 Å². The first-order valence-corrected chi connectivity index (χ1v) is 7.00. The minimum absolute atomic E-state index is 0.151. The van der Waals surface area contributed by atoms with Gasteiger partial charge in [-0.15, -0.1) is 0 Å². The molecule has 0 spiro atoms. The molecule has 1 heterocycles. The lowest BCUT2D eigenvalue weighted by Gasteiger charge is -2.29. The Kier molecular flexibility index (Phi) is 4.58. The second-order valence-corrected chi connectivity index (χ2v) is 5.34. The molecule has 1 aromatic heterocycles. The van der Waals surface area contributed by atoms with Crippen LogP contribution in [0.1, 0.15) is 35.3 Å². The van der Waals surface area contributed by atoms with Crippen LogP contribution >= 0.6 is 0 Å². The van der Waals surface area contributed by atoms with Crippen molar-refractivity contribution in [3.8, 4) is 0 Å². The quantitative estimate of drug-likeness (QED) is 0.913. The molecule has 0 fully saturated rings. The molecule has 2 rings (SSSR count). The number of carboxylic acids is 1. The van der Waals surface area contributed by atoms with Gasteiger partial charge in [0, 0.05) is 18.8 Å². The van der Waals surface area contributed by atoms with E-state index < -0.39 is 5.97 Å². The smallest absolute Gasteiger partial charge is 0.339 e. The minimum atomic E-state index is -0.936. The van der Waals surface area contributed by atoms with Crippen molar-refractivity contribution >= 4 is 11.8 Å². The fourth-order valence-corrected chi connectivity index (χ4v) is 2.31. The van der Waals surface area contributed by atoms with Gasteiger partial charge in [-0.05, 0) is 38.0 Å². The van der Waals surface area contributed by atoms with E-state index in [-0.39, 0.29) is 11.6 Å². The number of aromatic carboxylic acids is 1. The van der Waals surface area contributed by atoms with Gasteiger partial charge in [-0.1, -0.05) is 30.3 Å². The molecule has 0 atom stereocenters. The normalized spacial score (nSPS) is 10.7. The minimum Gasteiger partial charge on any atom is -0.478 e. The average Bonchev–Trinajstić information content (AvgIpc) is 2.45. The number of carboxylic acid groups (broad SMARTS) is 1. The Balaban J connectivity index is 2.44. The summed E-state index contributed by atoms with van der Waals surface area (Å²) in [6, 6.07) is 11.9. The molecule has 0 unspecified atom stereocenters. The van der Waals surface area contributed by atoms with Crippen molar-refractivity contribution < 1.29 is 9.90 Å². The van der Waals surface area contributed by atoms with Crippen LogP contribution < -0.4 is 4.90 Å². The molecule has 0 amide bonds. The summed E-state index contributed by atoms with van der Waals surface area (Å²) in [6.45, 7) is 6.52. The number of aromatic nitrogens is 1. The molecule has 4 heteroatoms. The zero-order chi connectivity index (χ0) is 15.4. The molecule has 110 valence electrons. The lowest BCUT2D eigenvalue weighted by atomic mass is 10.1. The van der Waals surface area contributed by atoms with E-state index in [1.165, 1.54) is 0 Å². The van der Waals surface area contributed by atoms with Gasteiger partial charge < -0.3 is 10.0 Å². The Morgan fingerprint density at radius 2 is 1.90 bits per heavy atom. The average molecular weight is 284 g/mol. The van der Waals surface area contributed by atoms with Crippen LogP contribution in [-0.2, 0) is 6.54 Å². The van der Waals surface area contributed by atoms with Crippen LogP contribution in [-0.4, -0.2) is 22.1 Å². The highest BCUT2D eigenvalue weighted by Gasteiger charge is 2.21. The summed E-state index contributed by atoms with van der Waals surface area (Å²) in [7, 11) is 0. The number of rotatable bonds is 5. The molecule has 0 bridgehead atoms. The predicted molar refractivity (Wildman–Crippen MR) is 83.7 cm³/mol. The maximum absolute atomic E-state index is 11.6. The fourth-order valence-electron chi connectivity index (χ4n) is 2.31. The summed E-state index contributed by atoms with van der Waals surface area (Å²) in [4.78, 5) is 17.9. The molecule has 0 saturated heterocycles. The third-order valence-corrected chi connectivity index (χ3v) is 3.44. The summed E-state index contributed by atoms with van der Waals surface area (Å²) in [5.74, 6) is -0.407. The maximum atomic E-state index is 11.6. The first kappa shape index (κ1) is 15.0. The summed E-state index contributed by atoms with van der Waals surface area (Å²) in [5.41, 5.74) is 2.14. The van der Waals surface area contributed by atoms with Gasteiger partial charge in [-0.25, -0.2) is 9.78 Å². The summed E-state index contributed by atoms with van der Waals surface area (Å²) in [5, 5.41) is 9.48. The summed E-state index contributed by atoms with van der Waals surface area (Å²) in [6.07, 6.45) is 1.66. The van der Waals surface area contributed by atoms with Gasteiger partial charge >= 0.3 is 5.97 Å². The Morgan fingerprint density at radius 3 is 2.48 bits per heavy atom. The topological polar surface area (TPSA) is 53.4 Å². The Morgan fingerprint density at radius 1 is 1.24 bits per heavy atom. The van der Waals surface area contributed by atoms with Crippen LogP contribution in [0, 0.1) is 6.92 Å². The van der Waals surface area contributed by atoms with Gasteiger partial charge in [0.25, 0.3) is 0 Å². The molecule has 4 nitrogen and oxygen atoms in total. The monoisotopic (exact) mass is 284 g/mol. The number of nitrogens with zero attached hydrogens (tertiary/aromatic N) is 2. The predicted octanol–water partition coefficient (Wildman–Crippen LogP) is 3.50. The molecule has 0 radical (unpaired) electrons. The first-order valence-electron chi connectivity index (χ1n) is 7.00. The Bertz CT molecular complexity index is 624. The van der Waals surface area contributed by atoms with E-state index in [1.54, 1.807) is 19.2 Å². The Labute approximate surface area is 125 Å². The third-order valence-electron chi connectivity index (χ3n) is 3.44. The van der Waals surface area contributed by atoms with E-state index >= 15 is 0 Å². The van der Waals surface area contributed by atoms with E-state index in [1.807, 2.05) is 49.1 Å². The maximum Gasteiger partial charge on any atom is 0.339 e. The largest absolute Gasteiger partial charge is 0.478 e. The molecule has 1 N–H and O–H groups in total. The lowest BCUT2D eigenvalue weighted by Crippen LogP contribution is -2.32. The van der Waals surface area contributed by atoms with E-state index in [0.29, 0.717) is 12.4 Å². The van der Waals surface area contributed by atoms with Crippen LogP contribution in [0.15, 0.2) is 42.6 Å². The van der Waals surface area contributed by atoms with Crippen molar-refractivity contribution in [2.75, 3.05) is 4.90 Å². The van der Waals surface area contributed by atoms with E-state index in [9.17, 15) is 9.90 Å². The van der Waals surface area contributed by atoms with Crippen molar-refractivity contribution in [2.24, 2.45) is 0 Å². The van der Waals surface area contributed by atoms with Crippen molar-refractivity contribution in [3.63, 3.8) is 0 Å². The van der Waals surface area contributed by atoms with E-state index in [2.05, 4.69) is 4.98 Å². The van der Waals surface area contributed by atoms with Crippen LogP contribution in [0.25, 0.3) is 0 Å². The van der Waals surface area contributed by atoms with Gasteiger partial charge in [0.15, 0.2) is 0 Å². The second-order valence-electron chi connectivity index (χ2n) is 5.34. The molecule has 21 heavy (non-hydrogen) atoms. The highest BCUT2D eigenvalue weighted by atomic mass is 16.4. The van der Waals surface area contributed by atoms with Gasteiger partial charge in [-0.3, -0.25) is 0 Å². The fraction of sp³-hybridized carbons (Fsp3) is 0.294. The summed E-state index contributed by atoms with van der Waals surface area (Å²) < 4.78 is 0. The number of benzene rings is 1. The van der Waals surface area contributed by atoms with Crippen LogP contribution in [0.5, 0.6) is 0 Å². The molecule has 0 saturated carbocycles. The molecule has 1 aromatic carbocycles. The van der Waals surface area contributed by atoms with E-state index in [0.717, 1.165) is 11.1 Å². The molecular weight excluding hydrogens is 264 g/mol. The number of carbonyl (C=O) groups is 1. The van der Waals surface area contributed by atoms with Gasteiger partial charge in [0.2, 0.25) is 0 Å². The Hall–Kier alpha value is -2.36. The molecular formula is C17H20N2O2. The first-order chi connectivity index (χ1) is 10.0. The van der Waals surface area contributed by atoms with Crippen LogP contribution in [0.4, 0.5) is 5.82 Å². The number of hydrogen-bond donors (Lipinski definition) is 1. The van der Waals surface area contributed by atoms with Gasteiger partial charge in [0.05, 0.1) is 0 Å².